The third kappa shape index (κ3) is 5.43. The van der Waals surface area contributed by atoms with Crippen molar-refractivity contribution in [3.8, 4) is 0 Å². The number of carbonyl (C=O) groups excluding carboxylic acids is 1. The topological polar surface area (TPSA) is 46.3 Å². The molecule has 106 valence electrons. The number of benzene rings is 1. The van der Waals surface area contributed by atoms with Crippen LogP contribution in [0.2, 0.25) is 0 Å². The predicted octanol–water partition coefficient (Wildman–Crippen LogP) is 2.37. The number of hydrogen-bond donors (Lipinski definition) is 1. The van der Waals surface area contributed by atoms with Crippen LogP contribution in [0.1, 0.15) is 31.4 Å². The van der Waals surface area contributed by atoms with Crippen LogP contribution < -0.4 is 5.73 Å². The summed E-state index contributed by atoms with van der Waals surface area (Å²) in [7, 11) is 1.83. The highest BCUT2D eigenvalue weighted by atomic mass is 16.2. The summed E-state index contributed by atoms with van der Waals surface area (Å²) in [5.74, 6) is 0.491. The molecule has 1 aromatic rings. The lowest BCUT2D eigenvalue weighted by Crippen LogP contribution is -2.43. The standard InChI is InChI=1S/C16H26N2O/c1-12(2)10-15(17)16(19)18(4)9-8-14-7-5-6-13(3)11-14/h5-7,11-12,15H,8-10,17H2,1-4H3. The Morgan fingerprint density at radius 3 is 2.63 bits per heavy atom. The number of carbonyl (C=O) groups is 1. The van der Waals surface area contributed by atoms with Crippen LogP contribution in [0.4, 0.5) is 0 Å². The maximum Gasteiger partial charge on any atom is 0.239 e. The number of nitrogens with zero attached hydrogens (tertiary/aromatic N) is 1. The third-order valence-electron chi connectivity index (χ3n) is 3.24. The van der Waals surface area contributed by atoms with E-state index < -0.39 is 0 Å². The highest BCUT2D eigenvalue weighted by molar-refractivity contribution is 5.81. The van der Waals surface area contributed by atoms with E-state index in [1.54, 1.807) is 4.90 Å². The van der Waals surface area contributed by atoms with Gasteiger partial charge >= 0.3 is 0 Å². The smallest absolute Gasteiger partial charge is 0.239 e. The summed E-state index contributed by atoms with van der Waals surface area (Å²) >= 11 is 0. The summed E-state index contributed by atoms with van der Waals surface area (Å²) in [6, 6.07) is 8.02. The van der Waals surface area contributed by atoms with Gasteiger partial charge in [-0.25, -0.2) is 0 Å². The average Bonchev–Trinajstić information content (AvgIpc) is 2.34. The fourth-order valence-electron chi connectivity index (χ4n) is 2.17. The molecular weight excluding hydrogens is 236 g/mol. The first-order chi connectivity index (χ1) is 8.90. The summed E-state index contributed by atoms with van der Waals surface area (Å²) in [5, 5.41) is 0. The molecule has 0 aliphatic carbocycles. The molecule has 3 nitrogen and oxygen atoms in total. The van der Waals surface area contributed by atoms with Crippen LogP contribution in [0.25, 0.3) is 0 Å². The monoisotopic (exact) mass is 262 g/mol. The minimum atomic E-state index is -0.373. The quantitative estimate of drug-likeness (QED) is 0.855. The fourth-order valence-corrected chi connectivity index (χ4v) is 2.17. The molecular formula is C16H26N2O. The second kappa shape index (κ2) is 7.29. The van der Waals surface area contributed by atoms with Crippen LogP contribution in [0.3, 0.4) is 0 Å². The van der Waals surface area contributed by atoms with Gasteiger partial charge in [-0.2, -0.15) is 0 Å². The molecule has 1 unspecified atom stereocenters. The predicted molar refractivity (Wildman–Crippen MR) is 80.0 cm³/mol. The Bertz CT molecular complexity index is 415. The molecule has 1 amide bonds. The molecule has 0 aliphatic rings. The van der Waals surface area contributed by atoms with Crippen molar-refractivity contribution in [2.75, 3.05) is 13.6 Å². The summed E-state index contributed by atoms with van der Waals surface area (Å²) in [5.41, 5.74) is 8.43. The van der Waals surface area contributed by atoms with Crippen molar-refractivity contribution in [3.05, 3.63) is 35.4 Å². The van der Waals surface area contributed by atoms with Gasteiger partial charge in [-0.3, -0.25) is 4.79 Å². The summed E-state index contributed by atoms with van der Waals surface area (Å²) < 4.78 is 0. The number of amides is 1. The minimum absolute atomic E-state index is 0.0429. The Morgan fingerprint density at radius 2 is 2.05 bits per heavy atom. The lowest BCUT2D eigenvalue weighted by Gasteiger charge is -2.22. The van der Waals surface area contributed by atoms with E-state index in [0.717, 1.165) is 12.8 Å². The maximum absolute atomic E-state index is 12.1. The zero-order chi connectivity index (χ0) is 14.4. The molecule has 1 aromatic carbocycles. The van der Waals surface area contributed by atoms with Gasteiger partial charge in [0.2, 0.25) is 5.91 Å². The highest BCUT2D eigenvalue weighted by Crippen LogP contribution is 2.08. The Hall–Kier alpha value is -1.35. The van der Waals surface area contributed by atoms with Crippen LogP contribution in [0, 0.1) is 12.8 Å². The van der Waals surface area contributed by atoms with Crippen molar-refractivity contribution in [2.24, 2.45) is 11.7 Å². The second-order valence-electron chi connectivity index (χ2n) is 5.73. The minimum Gasteiger partial charge on any atom is -0.344 e. The van der Waals surface area contributed by atoms with E-state index in [0.29, 0.717) is 12.5 Å². The summed E-state index contributed by atoms with van der Waals surface area (Å²) in [6.45, 7) is 6.96. The average molecular weight is 262 g/mol. The molecule has 0 saturated carbocycles. The van der Waals surface area contributed by atoms with E-state index in [4.69, 9.17) is 5.73 Å². The lowest BCUT2D eigenvalue weighted by molar-refractivity contribution is -0.131. The Labute approximate surface area is 116 Å². The number of likely N-dealkylation sites (N-methyl/N-ethyl adjacent to an activating group) is 1. The molecule has 1 rings (SSSR count). The van der Waals surface area contributed by atoms with E-state index in [9.17, 15) is 4.79 Å². The van der Waals surface area contributed by atoms with Crippen LogP contribution in [0.5, 0.6) is 0 Å². The Morgan fingerprint density at radius 1 is 1.37 bits per heavy atom. The van der Waals surface area contributed by atoms with Crippen molar-refractivity contribution in [1.29, 1.82) is 0 Å². The van der Waals surface area contributed by atoms with Crippen molar-refractivity contribution in [1.82, 2.24) is 4.90 Å². The number of hydrogen-bond acceptors (Lipinski definition) is 2. The van der Waals surface area contributed by atoms with Crippen molar-refractivity contribution < 1.29 is 4.79 Å². The third-order valence-corrected chi connectivity index (χ3v) is 3.24. The second-order valence-corrected chi connectivity index (χ2v) is 5.73. The molecule has 0 bridgehead atoms. The summed E-state index contributed by atoms with van der Waals surface area (Å²) in [4.78, 5) is 13.8. The summed E-state index contributed by atoms with van der Waals surface area (Å²) in [6.07, 6.45) is 1.62. The van der Waals surface area contributed by atoms with E-state index in [1.807, 2.05) is 7.05 Å². The van der Waals surface area contributed by atoms with Crippen molar-refractivity contribution in [3.63, 3.8) is 0 Å². The number of rotatable bonds is 6. The molecule has 19 heavy (non-hydrogen) atoms. The molecule has 3 heteroatoms. The zero-order valence-corrected chi connectivity index (χ0v) is 12.5. The SMILES string of the molecule is Cc1cccc(CCN(C)C(=O)C(N)CC(C)C)c1. The molecule has 0 saturated heterocycles. The van der Waals surface area contributed by atoms with Gasteiger partial charge in [0.1, 0.15) is 0 Å². The first kappa shape index (κ1) is 15.7. The number of nitrogens with two attached hydrogens (primary N) is 1. The molecule has 0 aliphatic heterocycles. The van der Waals surface area contributed by atoms with Gasteiger partial charge in [-0.1, -0.05) is 43.7 Å². The number of aryl methyl sites for hydroxylation is 1. The van der Waals surface area contributed by atoms with Gasteiger partial charge in [0, 0.05) is 13.6 Å². The van der Waals surface area contributed by atoms with Gasteiger partial charge in [0.25, 0.3) is 0 Å². The van der Waals surface area contributed by atoms with Crippen LogP contribution in [-0.4, -0.2) is 30.4 Å². The first-order valence-electron chi connectivity index (χ1n) is 6.96. The van der Waals surface area contributed by atoms with Crippen LogP contribution in [0.15, 0.2) is 24.3 Å². The van der Waals surface area contributed by atoms with Gasteiger partial charge in [0.15, 0.2) is 0 Å². The van der Waals surface area contributed by atoms with E-state index in [2.05, 4.69) is 45.0 Å². The highest BCUT2D eigenvalue weighted by Gasteiger charge is 2.18. The van der Waals surface area contributed by atoms with Crippen molar-refractivity contribution in [2.45, 2.75) is 39.7 Å². The lowest BCUT2D eigenvalue weighted by atomic mass is 10.0. The Kier molecular flexibility index (Phi) is 6.03. The van der Waals surface area contributed by atoms with E-state index in [1.165, 1.54) is 11.1 Å². The first-order valence-corrected chi connectivity index (χ1v) is 6.96. The molecule has 1 atom stereocenters. The van der Waals surface area contributed by atoms with E-state index in [-0.39, 0.29) is 11.9 Å². The molecule has 0 aromatic heterocycles. The molecule has 0 heterocycles. The maximum atomic E-state index is 12.1. The molecule has 0 spiro atoms. The van der Waals surface area contributed by atoms with Gasteiger partial charge in [-0.15, -0.1) is 0 Å². The normalized spacial score (nSPS) is 12.5. The van der Waals surface area contributed by atoms with Gasteiger partial charge in [0.05, 0.1) is 6.04 Å². The van der Waals surface area contributed by atoms with E-state index >= 15 is 0 Å². The van der Waals surface area contributed by atoms with Crippen LogP contribution in [-0.2, 0) is 11.2 Å². The zero-order valence-electron chi connectivity index (χ0n) is 12.5. The van der Waals surface area contributed by atoms with Gasteiger partial charge in [-0.05, 0) is 31.2 Å². The Balaban J connectivity index is 2.46. The van der Waals surface area contributed by atoms with Crippen LogP contribution >= 0.6 is 0 Å². The molecule has 0 fully saturated rings. The fraction of sp³-hybridized carbons (Fsp3) is 0.562. The molecule has 2 N–H and O–H groups in total. The largest absolute Gasteiger partial charge is 0.344 e. The van der Waals surface area contributed by atoms with Gasteiger partial charge < -0.3 is 10.6 Å². The van der Waals surface area contributed by atoms with Crippen molar-refractivity contribution >= 4 is 5.91 Å². The molecule has 0 radical (unpaired) electrons.